The first-order valence-electron chi connectivity index (χ1n) is 7.66. The van der Waals surface area contributed by atoms with E-state index in [1.165, 1.54) is 19.3 Å². The SMILES string of the molecule is CCCC1NC(CCC)N(CC2(C)CCC2)C1=O. The lowest BCUT2D eigenvalue weighted by Crippen LogP contribution is -2.46. The largest absolute Gasteiger partial charge is 0.325 e. The predicted molar refractivity (Wildman–Crippen MR) is 74.2 cm³/mol. The smallest absolute Gasteiger partial charge is 0.241 e. The zero-order valence-electron chi connectivity index (χ0n) is 12.2. The van der Waals surface area contributed by atoms with Crippen LogP contribution in [0.15, 0.2) is 0 Å². The van der Waals surface area contributed by atoms with E-state index in [1.54, 1.807) is 0 Å². The van der Waals surface area contributed by atoms with Crippen molar-refractivity contribution in [2.24, 2.45) is 5.41 Å². The standard InChI is InChI=1S/C15H28N2O/c1-4-7-12-14(18)17(13(16-12)8-5-2)11-15(3)9-6-10-15/h12-13,16H,4-11H2,1-3H3. The molecule has 0 bridgehead atoms. The van der Waals surface area contributed by atoms with Crippen LogP contribution in [-0.4, -0.2) is 29.6 Å². The molecule has 1 saturated heterocycles. The van der Waals surface area contributed by atoms with Crippen molar-refractivity contribution < 1.29 is 4.79 Å². The zero-order chi connectivity index (χ0) is 13.2. The Labute approximate surface area is 111 Å². The van der Waals surface area contributed by atoms with Gasteiger partial charge in [0.15, 0.2) is 0 Å². The van der Waals surface area contributed by atoms with Crippen LogP contribution in [0.2, 0.25) is 0 Å². The predicted octanol–water partition coefficient (Wildman–Crippen LogP) is 2.90. The summed E-state index contributed by atoms with van der Waals surface area (Å²) in [5.41, 5.74) is 0.393. The summed E-state index contributed by atoms with van der Waals surface area (Å²) in [5, 5.41) is 3.54. The molecule has 2 atom stereocenters. The Bertz CT molecular complexity index is 299. The highest BCUT2D eigenvalue weighted by Crippen LogP contribution is 2.42. The summed E-state index contributed by atoms with van der Waals surface area (Å²) in [6.07, 6.45) is 8.47. The third kappa shape index (κ3) is 2.71. The van der Waals surface area contributed by atoms with Gasteiger partial charge < -0.3 is 4.90 Å². The van der Waals surface area contributed by atoms with Crippen molar-refractivity contribution in [2.75, 3.05) is 6.54 Å². The van der Waals surface area contributed by atoms with E-state index in [2.05, 4.69) is 31.0 Å². The molecular formula is C15H28N2O. The molecule has 2 fully saturated rings. The molecule has 104 valence electrons. The lowest BCUT2D eigenvalue weighted by molar-refractivity contribution is -0.132. The van der Waals surface area contributed by atoms with Gasteiger partial charge >= 0.3 is 0 Å². The third-order valence-corrected chi connectivity index (χ3v) is 4.60. The van der Waals surface area contributed by atoms with Gasteiger partial charge in [-0.05, 0) is 31.1 Å². The first kappa shape index (κ1) is 13.9. The summed E-state index contributed by atoms with van der Waals surface area (Å²) in [5.74, 6) is 0.350. The first-order valence-corrected chi connectivity index (χ1v) is 7.66. The molecule has 1 amide bonds. The molecule has 0 spiro atoms. The number of hydrogen-bond acceptors (Lipinski definition) is 2. The van der Waals surface area contributed by atoms with E-state index in [0.717, 1.165) is 32.2 Å². The molecule has 1 heterocycles. The molecule has 2 aliphatic rings. The van der Waals surface area contributed by atoms with Crippen molar-refractivity contribution in [3.8, 4) is 0 Å². The fourth-order valence-corrected chi connectivity index (χ4v) is 3.29. The maximum atomic E-state index is 12.5. The summed E-state index contributed by atoms with van der Waals surface area (Å²) in [7, 11) is 0. The maximum Gasteiger partial charge on any atom is 0.241 e. The van der Waals surface area contributed by atoms with Crippen molar-refractivity contribution in [3.63, 3.8) is 0 Å². The molecule has 0 aromatic rings. The summed E-state index contributed by atoms with van der Waals surface area (Å²) < 4.78 is 0. The minimum atomic E-state index is 0.0789. The molecule has 3 heteroatoms. The second-order valence-electron chi connectivity index (χ2n) is 6.44. The summed E-state index contributed by atoms with van der Waals surface area (Å²) in [6, 6.07) is 0.0789. The van der Waals surface area contributed by atoms with Gasteiger partial charge in [0.1, 0.15) is 0 Å². The molecule has 0 aromatic heterocycles. The summed E-state index contributed by atoms with van der Waals surface area (Å²) in [4.78, 5) is 14.6. The van der Waals surface area contributed by atoms with Gasteiger partial charge in [0.25, 0.3) is 0 Å². The molecule has 1 saturated carbocycles. The highest BCUT2D eigenvalue weighted by molar-refractivity contribution is 5.84. The molecule has 2 unspecified atom stereocenters. The van der Waals surface area contributed by atoms with Crippen molar-refractivity contribution in [1.29, 1.82) is 0 Å². The van der Waals surface area contributed by atoms with Crippen LogP contribution in [0.5, 0.6) is 0 Å². The van der Waals surface area contributed by atoms with Crippen molar-refractivity contribution in [3.05, 3.63) is 0 Å². The molecule has 18 heavy (non-hydrogen) atoms. The van der Waals surface area contributed by atoms with Crippen LogP contribution < -0.4 is 5.32 Å². The fourth-order valence-electron chi connectivity index (χ4n) is 3.29. The molecule has 1 aliphatic heterocycles. The zero-order valence-corrected chi connectivity index (χ0v) is 12.2. The van der Waals surface area contributed by atoms with Gasteiger partial charge in [0.05, 0.1) is 12.2 Å². The number of carbonyl (C=O) groups is 1. The van der Waals surface area contributed by atoms with E-state index >= 15 is 0 Å². The molecular weight excluding hydrogens is 224 g/mol. The second-order valence-corrected chi connectivity index (χ2v) is 6.44. The van der Waals surface area contributed by atoms with Gasteiger partial charge in [-0.3, -0.25) is 10.1 Å². The first-order chi connectivity index (χ1) is 8.59. The maximum absolute atomic E-state index is 12.5. The number of nitrogens with one attached hydrogen (secondary N) is 1. The van der Waals surface area contributed by atoms with Crippen molar-refractivity contribution in [1.82, 2.24) is 10.2 Å². The van der Waals surface area contributed by atoms with E-state index in [1.807, 2.05) is 0 Å². The topological polar surface area (TPSA) is 32.3 Å². The number of amides is 1. The van der Waals surface area contributed by atoms with E-state index in [-0.39, 0.29) is 12.2 Å². The van der Waals surface area contributed by atoms with E-state index < -0.39 is 0 Å². The van der Waals surface area contributed by atoms with Crippen LogP contribution in [0.4, 0.5) is 0 Å². The Balaban J connectivity index is 2.01. The van der Waals surface area contributed by atoms with Crippen LogP contribution in [0, 0.1) is 5.41 Å². The molecule has 3 nitrogen and oxygen atoms in total. The van der Waals surface area contributed by atoms with E-state index in [9.17, 15) is 4.79 Å². The monoisotopic (exact) mass is 252 g/mol. The van der Waals surface area contributed by atoms with Crippen LogP contribution in [-0.2, 0) is 4.79 Å². The van der Waals surface area contributed by atoms with Gasteiger partial charge in [-0.1, -0.05) is 40.0 Å². The second kappa shape index (κ2) is 5.60. The van der Waals surface area contributed by atoms with Crippen molar-refractivity contribution >= 4 is 5.91 Å². The van der Waals surface area contributed by atoms with Crippen LogP contribution >= 0.6 is 0 Å². The van der Waals surface area contributed by atoms with Gasteiger partial charge in [-0.25, -0.2) is 0 Å². The Morgan fingerprint density at radius 3 is 2.44 bits per heavy atom. The number of hydrogen-bond donors (Lipinski definition) is 1. The van der Waals surface area contributed by atoms with Gasteiger partial charge in [0.2, 0.25) is 5.91 Å². The average molecular weight is 252 g/mol. The highest BCUT2D eigenvalue weighted by Gasteiger charge is 2.42. The molecule has 2 rings (SSSR count). The summed E-state index contributed by atoms with van der Waals surface area (Å²) in [6.45, 7) is 7.64. The van der Waals surface area contributed by atoms with Crippen LogP contribution in [0.25, 0.3) is 0 Å². The quantitative estimate of drug-likeness (QED) is 0.788. The fraction of sp³-hybridized carbons (Fsp3) is 0.933. The normalized spacial score (nSPS) is 30.6. The van der Waals surface area contributed by atoms with E-state index in [0.29, 0.717) is 11.3 Å². The Morgan fingerprint density at radius 2 is 1.94 bits per heavy atom. The Hall–Kier alpha value is -0.570. The minimum absolute atomic E-state index is 0.0789. The highest BCUT2D eigenvalue weighted by atomic mass is 16.2. The van der Waals surface area contributed by atoms with Crippen LogP contribution in [0.1, 0.15) is 65.7 Å². The summed E-state index contributed by atoms with van der Waals surface area (Å²) >= 11 is 0. The van der Waals surface area contributed by atoms with Crippen molar-refractivity contribution in [2.45, 2.75) is 77.9 Å². The van der Waals surface area contributed by atoms with Gasteiger partial charge in [0, 0.05) is 6.54 Å². The number of carbonyl (C=O) groups excluding carboxylic acids is 1. The van der Waals surface area contributed by atoms with E-state index in [4.69, 9.17) is 0 Å². The molecule has 1 aliphatic carbocycles. The minimum Gasteiger partial charge on any atom is -0.325 e. The average Bonchev–Trinajstić information content (AvgIpc) is 2.57. The van der Waals surface area contributed by atoms with Gasteiger partial charge in [-0.2, -0.15) is 0 Å². The van der Waals surface area contributed by atoms with Crippen LogP contribution in [0.3, 0.4) is 0 Å². The molecule has 0 radical (unpaired) electrons. The van der Waals surface area contributed by atoms with Gasteiger partial charge in [-0.15, -0.1) is 0 Å². The molecule has 0 aromatic carbocycles. The lowest BCUT2D eigenvalue weighted by Gasteiger charge is -2.42. The number of nitrogens with zero attached hydrogens (tertiary/aromatic N) is 1. The Morgan fingerprint density at radius 1 is 1.28 bits per heavy atom. The molecule has 1 N–H and O–H groups in total. The third-order valence-electron chi connectivity index (χ3n) is 4.60. The Kier molecular flexibility index (Phi) is 4.31. The number of rotatable bonds is 6. The lowest BCUT2D eigenvalue weighted by atomic mass is 9.70.